The number of rotatable bonds is 9. The number of hydrogen-bond acceptors (Lipinski definition) is 11. The Hall–Kier alpha value is -3.57. The lowest BCUT2D eigenvalue weighted by Gasteiger charge is -2.40. The Morgan fingerprint density at radius 1 is 0.882 bits per heavy atom. The molecular formula is C23H27N3O8. The van der Waals surface area contributed by atoms with Crippen molar-refractivity contribution in [3.8, 4) is 0 Å². The lowest BCUT2D eigenvalue weighted by Crippen LogP contribution is -2.58. The van der Waals surface area contributed by atoms with Crippen molar-refractivity contribution in [1.29, 1.82) is 0 Å². The molecule has 0 bridgehead atoms. The van der Waals surface area contributed by atoms with Crippen LogP contribution >= 0.6 is 0 Å². The van der Waals surface area contributed by atoms with E-state index in [4.69, 9.17) is 23.7 Å². The number of esters is 3. The minimum atomic E-state index is -1.14. The number of ether oxygens (including phenoxy) is 5. The van der Waals surface area contributed by atoms with E-state index in [1.165, 1.54) is 20.8 Å². The average molecular weight is 473 g/mol. The Balaban J connectivity index is 1.74. The lowest BCUT2D eigenvalue weighted by molar-refractivity contribution is -0.280. The summed E-state index contributed by atoms with van der Waals surface area (Å²) in [5, 5.41) is 0. The van der Waals surface area contributed by atoms with E-state index in [-0.39, 0.29) is 13.2 Å². The molecular weight excluding hydrogens is 446 g/mol. The molecule has 3 heterocycles. The second-order valence-corrected chi connectivity index (χ2v) is 7.40. The number of pyridine rings is 2. The highest BCUT2D eigenvalue weighted by molar-refractivity contribution is 5.68. The van der Waals surface area contributed by atoms with Gasteiger partial charge in [-0.2, -0.15) is 0 Å². The normalized spacial score (nSPS) is 21.9. The van der Waals surface area contributed by atoms with Crippen LogP contribution in [-0.4, -0.2) is 72.2 Å². The van der Waals surface area contributed by atoms with Crippen LogP contribution in [-0.2, 0) is 38.1 Å². The zero-order chi connectivity index (χ0) is 24.5. The van der Waals surface area contributed by atoms with Gasteiger partial charge < -0.3 is 28.6 Å². The highest BCUT2D eigenvalue weighted by atomic mass is 16.7. The van der Waals surface area contributed by atoms with Gasteiger partial charge in [0.15, 0.2) is 24.6 Å². The minimum absolute atomic E-state index is 0.107. The quantitative estimate of drug-likeness (QED) is 0.391. The molecule has 182 valence electrons. The average Bonchev–Trinajstić information content (AvgIpc) is 2.80. The fourth-order valence-electron chi connectivity index (χ4n) is 3.49. The van der Waals surface area contributed by atoms with Gasteiger partial charge in [0.1, 0.15) is 11.6 Å². The molecule has 11 heteroatoms. The van der Waals surface area contributed by atoms with Crippen LogP contribution in [0.3, 0.4) is 0 Å². The maximum absolute atomic E-state index is 11.8. The van der Waals surface area contributed by atoms with Crippen LogP contribution in [0.1, 0.15) is 20.8 Å². The molecule has 3 rings (SSSR count). The zero-order valence-corrected chi connectivity index (χ0v) is 19.2. The molecule has 4 atom stereocenters. The predicted molar refractivity (Wildman–Crippen MR) is 118 cm³/mol. The molecule has 2 aromatic heterocycles. The van der Waals surface area contributed by atoms with Crippen LogP contribution in [0.5, 0.6) is 0 Å². The lowest BCUT2D eigenvalue weighted by atomic mass is 10.0. The molecule has 0 unspecified atom stereocenters. The summed E-state index contributed by atoms with van der Waals surface area (Å²) in [7, 11) is 0. The Kier molecular flexibility index (Phi) is 8.88. The molecule has 0 radical (unpaired) electrons. The molecule has 1 saturated heterocycles. The minimum Gasteiger partial charge on any atom is -0.456 e. The Bertz CT molecular complexity index is 920. The van der Waals surface area contributed by atoms with Crippen LogP contribution < -0.4 is 4.90 Å². The van der Waals surface area contributed by atoms with Gasteiger partial charge in [0.05, 0.1) is 13.2 Å². The largest absolute Gasteiger partial charge is 0.456 e. The molecule has 1 fully saturated rings. The smallest absolute Gasteiger partial charge is 0.303 e. The van der Waals surface area contributed by atoms with Gasteiger partial charge in [-0.15, -0.1) is 0 Å². The standard InChI is InChI=1S/C23H27N3O8/c1-15(27)32-18-14-31-23(22(34-17(3)29)21(18)33-16(2)28)30-13-12-26(19-8-4-6-10-24-19)20-9-5-7-11-25-20/h4-11,18,21-23H,12-14H2,1-3H3/t18-,21+,22-,23-/m1/s1. The molecule has 11 nitrogen and oxygen atoms in total. The van der Waals surface area contributed by atoms with Crippen LogP contribution in [0.25, 0.3) is 0 Å². The first-order valence-corrected chi connectivity index (χ1v) is 10.7. The first-order valence-electron chi connectivity index (χ1n) is 10.7. The van der Waals surface area contributed by atoms with Gasteiger partial charge >= 0.3 is 17.9 Å². The van der Waals surface area contributed by atoms with E-state index in [1.54, 1.807) is 12.4 Å². The first-order chi connectivity index (χ1) is 16.3. The summed E-state index contributed by atoms with van der Waals surface area (Å²) in [6.07, 6.45) is -0.902. The van der Waals surface area contributed by atoms with Crippen LogP contribution in [0.4, 0.5) is 11.6 Å². The molecule has 0 N–H and O–H groups in total. The van der Waals surface area contributed by atoms with Gasteiger partial charge in [-0.1, -0.05) is 12.1 Å². The SMILES string of the molecule is CC(=O)O[C@@H]1[C@@H](OC(C)=O)[C@H](OCCN(c2ccccn2)c2ccccn2)OC[C@H]1OC(C)=O. The van der Waals surface area contributed by atoms with Crippen molar-refractivity contribution in [3.05, 3.63) is 48.8 Å². The van der Waals surface area contributed by atoms with Crippen molar-refractivity contribution in [2.24, 2.45) is 0 Å². The second kappa shape index (κ2) is 12.1. The van der Waals surface area contributed by atoms with E-state index in [1.807, 2.05) is 41.3 Å². The molecule has 0 amide bonds. The van der Waals surface area contributed by atoms with Gasteiger partial charge in [0, 0.05) is 39.7 Å². The summed E-state index contributed by atoms with van der Waals surface area (Å²) in [6.45, 7) is 3.99. The van der Waals surface area contributed by atoms with Gasteiger partial charge in [-0.25, -0.2) is 9.97 Å². The monoisotopic (exact) mass is 473 g/mol. The molecule has 1 aliphatic rings. The van der Waals surface area contributed by atoms with Crippen molar-refractivity contribution in [2.75, 3.05) is 24.7 Å². The molecule has 0 saturated carbocycles. The van der Waals surface area contributed by atoms with Crippen molar-refractivity contribution in [3.63, 3.8) is 0 Å². The van der Waals surface area contributed by atoms with Crippen LogP contribution in [0.15, 0.2) is 48.8 Å². The van der Waals surface area contributed by atoms with Gasteiger partial charge in [0.25, 0.3) is 0 Å². The summed E-state index contributed by atoms with van der Waals surface area (Å²) < 4.78 is 27.5. The molecule has 0 spiro atoms. The van der Waals surface area contributed by atoms with E-state index in [0.29, 0.717) is 18.2 Å². The Morgan fingerprint density at radius 3 is 1.94 bits per heavy atom. The summed E-state index contributed by atoms with van der Waals surface area (Å²) in [4.78, 5) is 45.6. The number of hydrogen-bond donors (Lipinski definition) is 0. The third-order valence-electron chi connectivity index (χ3n) is 4.75. The second-order valence-electron chi connectivity index (χ2n) is 7.40. The summed E-state index contributed by atoms with van der Waals surface area (Å²) in [5.74, 6) is -0.520. The fourth-order valence-corrected chi connectivity index (χ4v) is 3.49. The van der Waals surface area contributed by atoms with E-state index >= 15 is 0 Å². The molecule has 0 aliphatic carbocycles. The fraction of sp³-hybridized carbons (Fsp3) is 0.435. The zero-order valence-electron chi connectivity index (χ0n) is 19.2. The van der Waals surface area contributed by atoms with Crippen molar-refractivity contribution < 1.29 is 38.1 Å². The van der Waals surface area contributed by atoms with Crippen molar-refractivity contribution in [1.82, 2.24) is 9.97 Å². The van der Waals surface area contributed by atoms with Gasteiger partial charge in [0.2, 0.25) is 0 Å². The summed E-state index contributed by atoms with van der Waals surface area (Å²) in [6, 6.07) is 11.0. The van der Waals surface area contributed by atoms with E-state index in [9.17, 15) is 14.4 Å². The predicted octanol–water partition coefficient (Wildman–Crippen LogP) is 1.78. The van der Waals surface area contributed by atoms with Crippen LogP contribution in [0.2, 0.25) is 0 Å². The maximum Gasteiger partial charge on any atom is 0.303 e. The van der Waals surface area contributed by atoms with Gasteiger partial charge in [-0.05, 0) is 24.3 Å². The number of anilines is 2. The number of carbonyl (C=O) groups is 3. The molecule has 0 aromatic carbocycles. The molecule has 2 aromatic rings. The van der Waals surface area contributed by atoms with Crippen molar-refractivity contribution in [2.45, 2.75) is 45.4 Å². The number of carbonyl (C=O) groups excluding carboxylic acids is 3. The highest BCUT2D eigenvalue weighted by Crippen LogP contribution is 2.26. The molecule has 1 aliphatic heterocycles. The highest BCUT2D eigenvalue weighted by Gasteiger charge is 2.47. The van der Waals surface area contributed by atoms with Crippen molar-refractivity contribution >= 4 is 29.5 Å². The summed E-state index contributed by atoms with van der Waals surface area (Å²) >= 11 is 0. The van der Waals surface area contributed by atoms with E-state index in [2.05, 4.69) is 9.97 Å². The third-order valence-corrected chi connectivity index (χ3v) is 4.75. The number of aromatic nitrogens is 2. The Morgan fingerprint density at radius 2 is 1.44 bits per heavy atom. The summed E-state index contributed by atoms with van der Waals surface area (Å²) in [5.41, 5.74) is 0. The Labute approximate surface area is 196 Å². The van der Waals surface area contributed by atoms with E-state index < -0.39 is 42.5 Å². The number of nitrogens with zero attached hydrogens (tertiary/aromatic N) is 3. The van der Waals surface area contributed by atoms with E-state index in [0.717, 1.165) is 0 Å². The maximum atomic E-state index is 11.8. The van der Waals surface area contributed by atoms with Gasteiger partial charge in [-0.3, -0.25) is 14.4 Å². The van der Waals surface area contributed by atoms with Crippen LogP contribution in [0, 0.1) is 0 Å². The third kappa shape index (κ3) is 6.96. The topological polar surface area (TPSA) is 126 Å². The molecule has 34 heavy (non-hydrogen) atoms. The first kappa shape index (κ1) is 25.1.